The van der Waals surface area contributed by atoms with E-state index in [0.29, 0.717) is 0 Å². The van der Waals surface area contributed by atoms with Crippen LogP contribution in [0.15, 0.2) is 35.6 Å². The van der Waals surface area contributed by atoms with Crippen LogP contribution in [-0.4, -0.2) is 23.4 Å². The average molecular weight is 296 g/mol. The average Bonchev–Trinajstić information content (AvgIpc) is 2.38. The summed E-state index contributed by atoms with van der Waals surface area (Å²) in [6, 6.07) is 4.37. The largest absolute Gasteiger partial charge is 0.264 e. The summed E-state index contributed by atoms with van der Waals surface area (Å²) >= 11 is 5.60. The van der Waals surface area contributed by atoms with Crippen LogP contribution < -0.4 is 4.72 Å². The Morgan fingerprint density at radius 1 is 1.26 bits per heavy atom. The van der Waals surface area contributed by atoms with Crippen LogP contribution >= 0.6 is 11.6 Å². The van der Waals surface area contributed by atoms with E-state index in [0.717, 1.165) is 6.20 Å². The van der Waals surface area contributed by atoms with Crippen molar-refractivity contribution in [2.75, 3.05) is 4.72 Å². The predicted molar refractivity (Wildman–Crippen MR) is 66.8 cm³/mol. The molecule has 0 aliphatic carbocycles. The lowest BCUT2D eigenvalue weighted by molar-refractivity contribution is 0.600. The van der Waals surface area contributed by atoms with E-state index in [1.807, 2.05) is 0 Å². The molecule has 0 bridgehead atoms. The Kier molecular flexibility index (Phi) is 3.59. The molecule has 0 aliphatic rings. The van der Waals surface area contributed by atoms with Crippen LogP contribution in [-0.2, 0) is 10.0 Å². The second kappa shape index (κ2) is 5.17. The lowest BCUT2D eigenvalue weighted by Gasteiger charge is -2.06. The Labute approximate surface area is 114 Å². The summed E-state index contributed by atoms with van der Waals surface area (Å²) in [6.45, 7) is 0. The van der Waals surface area contributed by atoms with E-state index in [2.05, 4.69) is 19.7 Å². The molecule has 0 saturated heterocycles. The van der Waals surface area contributed by atoms with E-state index in [1.54, 1.807) is 6.07 Å². The van der Waals surface area contributed by atoms with Gasteiger partial charge in [-0.25, -0.2) is 18.4 Å². The van der Waals surface area contributed by atoms with Gasteiger partial charge in [0.2, 0.25) is 0 Å². The maximum Gasteiger partial charge on any atom is 0.264 e. The zero-order valence-electron chi connectivity index (χ0n) is 9.28. The van der Waals surface area contributed by atoms with Crippen molar-refractivity contribution >= 4 is 27.4 Å². The highest BCUT2D eigenvalue weighted by atomic mass is 35.5. The molecule has 2 aromatic heterocycles. The number of sulfonamides is 1. The number of hydrogen-bond donors (Lipinski definition) is 1. The van der Waals surface area contributed by atoms with Crippen molar-refractivity contribution in [1.29, 1.82) is 5.26 Å². The van der Waals surface area contributed by atoms with Crippen molar-refractivity contribution in [3.8, 4) is 6.07 Å². The van der Waals surface area contributed by atoms with Gasteiger partial charge >= 0.3 is 0 Å². The molecule has 7 nitrogen and oxygen atoms in total. The van der Waals surface area contributed by atoms with E-state index in [4.69, 9.17) is 16.9 Å². The third kappa shape index (κ3) is 3.15. The van der Waals surface area contributed by atoms with Crippen molar-refractivity contribution in [3.63, 3.8) is 0 Å². The number of anilines is 1. The smallest absolute Gasteiger partial charge is 0.262 e. The number of nitrogens with zero attached hydrogens (tertiary/aromatic N) is 4. The normalized spacial score (nSPS) is 10.7. The SMILES string of the molecule is N#Cc1ccc(S(=O)(=O)Nc2cncc(Cl)n2)cn1. The van der Waals surface area contributed by atoms with Crippen LogP contribution in [0.3, 0.4) is 0 Å². The molecule has 0 unspecified atom stereocenters. The Hall–Kier alpha value is -2.24. The standard InChI is InChI=1S/C10H6ClN5O2S/c11-9-5-13-6-10(15-9)16-19(17,18)8-2-1-7(3-12)14-4-8/h1-2,4-6H,(H,15,16). The maximum atomic E-state index is 12.0. The highest BCUT2D eigenvalue weighted by molar-refractivity contribution is 7.92. The Balaban J connectivity index is 2.30. The second-order valence-corrected chi connectivity index (χ2v) is 5.39. The molecule has 1 N–H and O–H groups in total. The zero-order valence-corrected chi connectivity index (χ0v) is 10.9. The van der Waals surface area contributed by atoms with Crippen molar-refractivity contribution < 1.29 is 8.42 Å². The van der Waals surface area contributed by atoms with E-state index in [9.17, 15) is 8.42 Å². The summed E-state index contributed by atoms with van der Waals surface area (Å²) in [6.07, 6.45) is 3.59. The summed E-state index contributed by atoms with van der Waals surface area (Å²) in [7, 11) is -3.84. The monoisotopic (exact) mass is 295 g/mol. The van der Waals surface area contributed by atoms with Gasteiger partial charge < -0.3 is 0 Å². The summed E-state index contributed by atoms with van der Waals surface area (Å²) in [5.74, 6) is -0.00291. The number of rotatable bonds is 3. The van der Waals surface area contributed by atoms with Crippen LogP contribution in [0.5, 0.6) is 0 Å². The first kappa shape index (κ1) is 13.2. The minimum absolute atomic E-state index is 0.00291. The molecular formula is C10H6ClN5O2S. The van der Waals surface area contributed by atoms with Gasteiger partial charge in [-0.1, -0.05) is 11.6 Å². The molecule has 0 spiro atoms. The van der Waals surface area contributed by atoms with Crippen LogP contribution in [0, 0.1) is 11.3 Å². The Bertz CT molecular complexity index is 739. The molecule has 0 fully saturated rings. The molecule has 0 atom stereocenters. The Morgan fingerprint density at radius 3 is 2.63 bits per heavy atom. The van der Waals surface area contributed by atoms with Crippen LogP contribution in [0.1, 0.15) is 5.69 Å². The predicted octanol–water partition coefficient (Wildman–Crippen LogP) is 1.20. The van der Waals surface area contributed by atoms with E-state index < -0.39 is 10.0 Å². The number of aromatic nitrogens is 3. The molecular weight excluding hydrogens is 290 g/mol. The first-order valence-electron chi connectivity index (χ1n) is 4.88. The lowest BCUT2D eigenvalue weighted by Crippen LogP contribution is -2.14. The number of pyridine rings is 1. The summed E-state index contributed by atoms with van der Waals surface area (Å²) in [5.41, 5.74) is 0.126. The molecule has 9 heteroatoms. The van der Waals surface area contributed by atoms with Crippen molar-refractivity contribution in [1.82, 2.24) is 15.0 Å². The number of hydrogen-bond acceptors (Lipinski definition) is 6. The van der Waals surface area contributed by atoms with E-state index >= 15 is 0 Å². The van der Waals surface area contributed by atoms with Gasteiger partial charge in [-0.05, 0) is 12.1 Å². The van der Waals surface area contributed by atoms with Gasteiger partial charge in [0.05, 0.1) is 12.4 Å². The van der Waals surface area contributed by atoms with Crippen molar-refractivity contribution in [2.24, 2.45) is 0 Å². The molecule has 2 aromatic rings. The summed E-state index contributed by atoms with van der Waals surface area (Å²) < 4.78 is 26.1. The minimum Gasteiger partial charge on any atom is -0.262 e. The van der Waals surface area contributed by atoms with Crippen molar-refractivity contribution in [3.05, 3.63) is 41.6 Å². The van der Waals surface area contributed by atoms with Crippen LogP contribution in [0.25, 0.3) is 0 Å². The number of nitrogens with one attached hydrogen (secondary N) is 1. The lowest BCUT2D eigenvalue weighted by atomic mass is 10.4. The van der Waals surface area contributed by atoms with Gasteiger partial charge in [-0.2, -0.15) is 5.26 Å². The fourth-order valence-electron chi connectivity index (χ4n) is 1.19. The highest BCUT2D eigenvalue weighted by Crippen LogP contribution is 2.14. The fraction of sp³-hybridized carbons (Fsp3) is 0. The van der Waals surface area contributed by atoms with E-state index in [-0.39, 0.29) is 21.6 Å². The topological polar surface area (TPSA) is 109 Å². The first-order chi connectivity index (χ1) is 9.01. The molecule has 0 aromatic carbocycles. The van der Waals surface area contributed by atoms with Gasteiger partial charge in [0.25, 0.3) is 10.0 Å². The first-order valence-corrected chi connectivity index (χ1v) is 6.74. The van der Waals surface area contributed by atoms with Gasteiger partial charge in [0.1, 0.15) is 21.8 Å². The van der Waals surface area contributed by atoms with Gasteiger partial charge in [-0.3, -0.25) is 9.71 Å². The zero-order chi connectivity index (χ0) is 13.9. The quantitative estimate of drug-likeness (QED) is 0.911. The molecule has 19 heavy (non-hydrogen) atoms. The summed E-state index contributed by atoms with van der Waals surface area (Å²) in [4.78, 5) is 11.1. The van der Waals surface area contributed by atoms with Gasteiger partial charge in [0.15, 0.2) is 5.82 Å². The van der Waals surface area contributed by atoms with Crippen LogP contribution in [0.2, 0.25) is 5.15 Å². The Morgan fingerprint density at radius 2 is 2.05 bits per heavy atom. The molecule has 2 rings (SSSR count). The molecule has 0 aliphatic heterocycles. The van der Waals surface area contributed by atoms with Crippen molar-refractivity contribution in [2.45, 2.75) is 4.90 Å². The minimum atomic E-state index is -3.84. The number of nitriles is 1. The third-order valence-electron chi connectivity index (χ3n) is 2.01. The molecule has 0 radical (unpaired) electrons. The molecule has 96 valence electrons. The molecule has 0 saturated carbocycles. The second-order valence-electron chi connectivity index (χ2n) is 3.32. The van der Waals surface area contributed by atoms with Gasteiger partial charge in [-0.15, -0.1) is 0 Å². The van der Waals surface area contributed by atoms with Crippen LogP contribution in [0.4, 0.5) is 5.82 Å². The van der Waals surface area contributed by atoms with E-state index in [1.165, 1.54) is 24.5 Å². The highest BCUT2D eigenvalue weighted by Gasteiger charge is 2.15. The molecule has 2 heterocycles. The number of halogens is 1. The molecule has 0 amide bonds. The summed E-state index contributed by atoms with van der Waals surface area (Å²) in [5, 5.41) is 8.65. The maximum absolute atomic E-state index is 12.0. The fourth-order valence-corrected chi connectivity index (χ4v) is 2.27. The van der Waals surface area contributed by atoms with Gasteiger partial charge in [0, 0.05) is 6.20 Å². The third-order valence-corrected chi connectivity index (χ3v) is 3.53.